The maximum atomic E-state index is 12.5. The number of rotatable bonds is 57. The molecule has 67 heavy (non-hydrogen) atoms. The van der Waals surface area contributed by atoms with Gasteiger partial charge in [-0.15, -0.1) is 0 Å². The second-order valence-electron chi connectivity index (χ2n) is 21.0. The largest absolute Gasteiger partial charge is 0.466 e. The average Bonchev–Trinajstić information content (AvgIpc) is 3.33. The summed E-state index contributed by atoms with van der Waals surface area (Å²) in [7, 11) is 0. The van der Waals surface area contributed by atoms with Gasteiger partial charge in [-0.1, -0.05) is 309 Å². The van der Waals surface area contributed by atoms with Crippen LogP contribution in [0.2, 0.25) is 0 Å². The molecule has 0 spiro atoms. The number of aliphatic hydroxyl groups is 2. The fourth-order valence-electron chi connectivity index (χ4n) is 9.64. The van der Waals surface area contributed by atoms with Gasteiger partial charge < -0.3 is 20.3 Å². The first-order valence-corrected chi connectivity index (χ1v) is 30.5. The number of carbonyl (C=O) groups is 2. The molecule has 0 heterocycles. The van der Waals surface area contributed by atoms with Gasteiger partial charge in [0, 0.05) is 12.8 Å². The van der Waals surface area contributed by atoms with Gasteiger partial charge >= 0.3 is 5.97 Å². The van der Waals surface area contributed by atoms with Crippen molar-refractivity contribution < 1.29 is 24.5 Å². The highest BCUT2D eigenvalue weighted by Crippen LogP contribution is 2.18. The smallest absolute Gasteiger partial charge is 0.305 e. The molecule has 0 aliphatic rings. The monoisotopic (exact) mass is 946 g/mol. The molecule has 0 aliphatic carbocycles. The lowest BCUT2D eigenvalue weighted by Gasteiger charge is -2.20. The zero-order valence-corrected chi connectivity index (χ0v) is 45.4. The van der Waals surface area contributed by atoms with Gasteiger partial charge in [0.15, 0.2) is 0 Å². The third-order valence-corrected chi connectivity index (χ3v) is 14.3. The molecule has 0 saturated heterocycles. The highest BCUT2D eigenvalue weighted by Gasteiger charge is 2.18. The molecule has 3 N–H and O–H groups in total. The van der Waals surface area contributed by atoms with Gasteiger partial charge in [-0.2, -0.15) is 0 Å². The maximum Gasteiger partial charge on any atom is 0.305 e. The summed E-state index contributed by atoms with van der Waals surface area (Å²) in [5, 5.41) is 23.2. The molecule has 0 aliphatic heterocycles. The van der Waals surface area contributed by atoms with Crippen molar-refractivity contribution in [1.82, 2.24) is 5.32 Å². The van der Waals surface area contributed by atoms with E-state index in [0.29, 0.717) is 19.4 Å². The van der Waals surface area contributed by atoms with Crippen LogP contribution in [-0.2, 0) is 14.3 Å². The molecule has 2 unspecified atom stereocenters. The van der Waals surface area contributed by atoms with Gasteiger partial charge in [-0.3, -0.25) is 9.59 Å². The molecular weight excluding hydrogens is 827 g/mol. The Morgan fingerprint density at radius 1 is 0.403 bits per heavy atom. The number of esters is 1. The molecule has 0 bridgehead atoms. The summed E-state index contributed by atoms with van der Waals surface area (Å²) < 4.78 is 5.47. The van der Waals surface area contributed by atoms with Crippen molar-refractivity contribution in [2.24, 2.45) is 0 Å². The molecule has 6 heteroatoms. The molecule has 0 aromatic heterocycles. The van der Waals surface area contributed by atoms with E-state index < -0.39 is 12.1 Å². The first-order valence-electron chi connectivity index (χ1n) is 30.5. The highest BCUT2D eigenvalue weighted by molar-refractivity contribution is 5.76. The van der Waals surface area contributed by atoms with E-state index >= 15 is 0 Å². The number of amides is 1. The summed E-state index contributed by atoms with van der Waals surface area (Å²) in [6.45, 7) is 4.91. The van der Waals surface area contributed by atoms with Crippen LogP contribution in [0.1, 0.15) is 341 Å². The van der Waals surface area contributed by atoms with E-state index in [9.17, 15) is 19.8 Å². The SMILES string of the molecule is CCCCCCCCCCCCCCCCCCCCCCC/C=C/C(O)C(CO)NC(=O)CCCCCCCCCCCCCCCCCOC(=O)CCCCCCCCCCCCCC. The van der Waals surface area contributed by atoms with Crippen LogP contribution in [0.15, 0.2) is 12.2 Å². The number of allylic oxidation sites excluding steroid dienone is 1. The summed E-state index contributed by atoms with van der Waals surface area (Å²) in [6, 6.07) is -0.634. The van der Waals surface area contributed by atoms with Crippen molar-refractivity contribution >= 4 is 11.9 Å². The van der Waals surface area contributed by atoms with E-state index in [4.69, 9.17) is 4.74 Å². The fourth-order valence-corrected chi connectivity index (χ4v) is 9.64. The molecule has 0 radical (unpaired) electrons. The van der Waals surface area contributed by atoms with Crippen molar-refractivity contribution in [3.63, 3.8) is 0 Å². The lowest BCUT2D eigenvalue weighted by molar-refractivity contribution is -0.143. The van der Waals surface area contributed by atoms with Crippen LogP contribution in [0.25, 0.3) is 0 Å². The molecule has 0 aromatic rings. The normalized spacial score (nSPS) is 12.6. The van der Waals surface area contributed by atoms with E-state index in [1.807, 2.05) is 6.08 Å². The van der Waals surface area contributed by atoms with E-state index in [1.165, 1.54) is 270 Å². The molecule has 1 amide bonds. The second-order valence-corrected chi connectivity index (χ2v) is 21.0. The Kier molecular flexibility index (Phi) is 56.0. The Hall–Kier alpha value is -1.40. The fraction of sp³-hybridized carbons (Fsp3) is 0.934. The Morgan fingerprint density at radius 3 is 1.01 bits per heavy atom. The number of carbonyl (C=O) groups excluding carboxylic acids is 2. The number of hydrogen-bond donors (Lipinski definition) is 3. The summed E-state index contributed by atoms with van der Waals surface area (Å²) >= 11 is 0. The zero-order chi connectivity index (χ0) is 48.6. The molecule has 0 saturated carbocycles. The van der Waals surface area contributed by atoms with Crippen molar-refractivity contribution in [2.45, 2.75) is 353 Å². The lowest BCUT2D eigenvalue weighted by atomic mass is 10.0. The van der Waals surface area contributed by atoms with Crippen LogP contribution in [0.5, 0.6) is 0 Å². The molecule has 0 rings (SSSR count). The van der Waals surface area contributed by atoms with Crippen LogP contribution in [-0.4, -0.2) is 47.4 Å². The molecular formula is C61H119NO5. The predicted molar refractivity (Wildman–Crippen MR) is 292 cm³/mol. The van der Waals surface area contributed by atoms with Crippen molar-refractivity contribution in [1.29, 1.82) is 0 Å². The quantitative estimate of drug-likeness (QED) is 0.0321. The standard InChI is InChI=1S/C61H119NO5/c1-3-5-7-9-11-13-15-17-18-19-20-21-22-23-24-25-27-30-33-37-41-45-49-53-59(64)58(57-63)62-60(65)54-50-46-42-38-34-31-28-26-29-32-36-40-44-48-52-56-67-61(66)55-51-47-43-39-35-16-14-12-10-8-6-4-2/h49,53,58-59,63-64H,3-48,50-52,54-57H2,1-2H3,(H,62,65)/b53-49+. The van der Waals surface area contributed by atoms with Gasteiger partial charge in [-0.25, -0.2) is 0 Å². The number of aliphatic hydroxyl groups excluding tert-OH is 2. The number of unbranched alkanes of at least 4 members (excludes halogenated alkanes) is 46. The molecule has 0 fully saturated rings. The first-order chi connectivity index (χ1) is 33.0. The first kappa shape index (κ1) is 65.6. The molecule has 2 atom stereocenters. The topological polar surface area (TPSA) is 95.9 Å². The van der Waals surface area contributed by atoms with Crippen molar-refractivity contribution in [3.05, 3.63) is 12.2 Å². The minimum Gasteiger partial charge on any atom is -0.466 e. The molecule has 0 aromatic carbocycles. The summed E-state index contributed by atoms with van der Waals surface area (Å²) in [6.07, 6.45) is 68.1. The minimum atomic E-state index is -0.850. The molecule has 6 nitrogen and oxygen atoms in total. The van der Waals surface area contributed by atoms with Crippen LogP contribution in [0.4, 0.5) is 0 Å². The Morgan fingerprint density at radius 2 is 0.687 bits per heavy atom. The van der Waals surface area contributed by atoms with Gasteiger partial charge in [0.25, 0.3) is 0 Å². The van der Waals surface area contributed by atoms with Crippen molar-refractivity contribution in [2.75, 3.05) is 13.2 Å². The Labute approximate surface area is 419 Å². The summed E-state index contributed by atoms with van der Waals surface area (Å²) in [5.41, 5.74) is 0. The summed E-state index contributed by atoms with van der Waals surface area (Å²) in [4.78, 5) is 24.5. The van der Waals surface area contributed by atoms with Crippen LogP contribution < -0.4 is 5.32 Å². The van der Waals surface area contributed by atoms with E-state index in [2.05, 4.69) is 19.2 Å². The van der Waals surface area contributed by atoms with Gasteiger partial charge in [0.2, 0.25) is 5.91 Å². The highest BCUT2D eigenvalue weighted by atomic mass is 16.5. The zero-order valence-electron chi connectivity index (χ0n) is 45.4. The maximum absolute atomic E-state index is 12.5. The van der Waals surface area contributed by atoms with Gasteiger partial charge in [-0.05, 0) is 32.1 Å². The molecule has 398 valence electrons. The second kappa shape index (κ2) is 57.2. The van der Waals surface area contributed by atoms with Crippen LogP contribution >= 0.6 is 0 Å². The van der Waals surface area contributed by atoms with Crippen molar-refractivity contribution in [3.8, 4) is 0 Å². The Balaban J connectivity index is 3.46. The predicted octanol–water partition coefficient (Wildman–Crippen LogP) is 18.9. The number of ether oxygens (including phenoxy) is 1. The number of nitrogens with one attached hydrogen (secondary N) is 1. The average molecular weight is 947 g/mol. The third kappa shape index (κ3) is 53.8. The van der Waals surface area contributed by atoms with E-state index in [-0.39, 0.29) is 18.5 Å². The van der Waals surface area contributed by atoms with Crippen LogP contribution in [0, 0.1) is 0 Å². The summed E-state index contributed by atoms with van der Waals surface area (Å²) in [5.74, 6) is -0.0713. The Bertz CT molecular complexity index is 1000. The van der Waals surface area contributed by atoms with Gasteiger partial charge in [0.1, 0.15) is 0 Å². The third-order valence-electron chi connectivity index (χ3n) is 14.3. The van der Waals surface area contributed by atoms with Crippen LogP contribution in [0.3, 0.4) is 0 Å². The van der Waals surface area contributed by atoms with E-state index in [1.54, 1.807) is 6.08 Å². The minimum absolute atomic E-state index is 0.00117. The lowest BCUT2D eigenvalue weighted by Crippen LogP contribution is -2.45. The van der Waals surface area contributed by atoms with E-state index in [0.717, 1.165) is 44.9 Å². The number of hydrogen-bond acceptors (Lipinski definition) is 5. The van der Waals surface area contributed by atoms with Gasteiger partial charge in [0.05, 0.1) is 25.4 Å².